The third kappa shape index (κ3) is 47.8. The van der Waals surface area contributed by atoms with Gasteiger partial charge in [0.1, 0.15) is 23.8 Å². The van der Waals surface area contributed by atoms with Gasteiger partial charge in [-0.2, -0.15) is 13.2 Å². The number of alkyl halides is 3. The molecule has 12 rings (SSSR count). The van der Waals surface area contributed by atoms with E-state index in [0.717, 1.165) is 56.9 Å². The van der Waals surface area contributed by atoms with Gasteiger partial charge in [0.05, 0.1) is 11.3 Å². The highest BCUT2D eigenvalue weighted by atomic mass is 19.4. The second-order valence-electron chi connectivity index (χ2n) is 34.3. The lowest BCUT2D eigenvalue weighted by Gasteiger charge is -2.09. The van der Waals surface area contributed by atoms with E-state index in [1.165, 1.54) is 86.5 Å². The highest BCUT2D eigenvalue weighted by Gasteiger charge is 2.30. The average Bonchev–Trinajstić information content (AvgIpc) is 0.841. The van der Waals surface area contributed by atoms with Crippen LogP contribution in [0.4, 0.5) is 26.3 Å². The molecule has 0 radical (unpaired) electrons. The Labute approximate surface area is 744 Å². The van der Waals surface area contributed by atoms with Crippen molar-refractivity contribution in [3.63, 3.8) is 0 Å². The van der Waals surface area contributed by atoms with Crippen LogP contribution in [0.5, 0.6) is 0 Å². The van der Waals surface area contributed by atoms with Crippen LogP contribution in [0.25, 0.3) is 0 Å². The van der Waals surface area contributed by atoms with E-state index in [0.29, 0.717) is 59.2 Å². The summed E-state index contributed by atoms with van der Waals surface area (Å²) in [5.41, 5.74) is 19.4. The van der Waals surface area contributed by atoms with Crippen molar-refractivity contribution in [3.8, 4) is 0 Å². The Morgan fingerprint density at radius 3 is 1.01 bits per heavy atom. The van der Waals surface area contributed by atoms with Gasteiger partial charge in [-0.3, -0.25) is 19.6 Å². The number of hydrogen-bond acceptors (Lipinski definition) is 6. The maximum absolute atomic E-state index is 12.8. The third-order valence-corrected chi connectivity index (χ3v) is 19.5. The average molecular weight is 1690 g/mol. The van der Waals surface area contributed by atoms with Crippen LogP contribution in [0.15, 0.2) is 286 Å². The zero-order valence-corrected chi connectivity index (χ0v) is 79.9. The summed E-state index contributed by atoms with van der Waals surface area (Å²) in [5.74, 6) is 5.88. The number of carbonyl (C=O) groups is 2. The van der Waals surface area contributed by atoms with Gasteiger partial charge in [-0.15, -0.1) is 0 Å². The molecule has 2 aromatic heterocycles. The van der Waals surface area contributed by atoms with E-state index in [1.807, 2.05) is 119 Å². The van der Waals surface area contributed by atoms with Crippen molar-refractivity contribution in [2.45, 2.75) is 278 Å². The van der Waals surface area contributed by atoms with Crippen molar-refractivity contribution in [2.75, 3.05) is 0 Å². The molecular weight excluding hydrogens is 1550 g/mol. The second kappa shape index (κ2) is 60.8. The summed E-state index contributed by atoms with van der Waals surface area (Å²) in [6, 6.07) is 79.5. The number of aryl methyl sites for hydroxylation is 3. The number of hydrogen-bond donors (Lipinski definition) is 0. The van der Waals surface area contributed by atoms with Crippen LogP contribution in [0.1, 0.15) is 361 Å². The van der Waals surface area contributed by atoms with E-state index in [-0.39, 0.29) is 40.9 Å². The van der Waals surface area contributed by atoms with E-state index in [1.54, 1.807) is 63.2 Å². The van der Waals surface area contributed by atoms with Crippen LogP contribution < -0.4 is 0 Å². The van der Waals surface area contributed by atoms with Gasteiger partial charge in [-0.05, 0) is 215 Å². The summed E-state index contributed by atoms with van der Waals surface area (Å²) in [5, 5.41) is 0. The van der Waals surface area contributed by atoms with E-state index < -0.39 is 11.7 Å². The van der Waals surface area contributed by atoms with Crippen molar-refractivity contribution in [2.24, 2.45) is 0 Å². The number of nitrogens with zero attached hydrogens (tertiary/aromatic N) is 4. The number of rotatable bonds is 14. The first-order valence-corrected chi connectivity index (χ1v) is 43.7. The molecule has 0 N–H and O–H groups in total. The molecule has 124 heavy (non-hydrogen) atoms. The first kappa shape index (κ1) is 111. The number of halogens is 6. The van der Waals surface area contributed by atoms with Crippen LogP contribution in [0.2, 0.25) is 0 Å². The molecule has 0 unspecified atom stereocenters. The number of benzene rings is 10. The topological polar surface area (TPSA) is 85.7 Å². The van der Waals surface area contributed by atoms with Crippen LogP contribution in [-0.4, -0.2) is 31.5 Å². The Morgan fingerprint density at radius 1 is 0.290 bits per heavy atom. The fourth-order valence-corrected chi connectivity index (χ4v) is 11.4. The van der Waals surface area contributed by atoms with E-state index in [2.05, 4.69) is 276 Å². The summed E-state index contributed by atoms with van der Waals surface area (Å²) in [6.07, 6.45) is 4.32. The van der Waals surface area contributed by atoms with Crippen LogP contribution in [0, 0.1) is 38.2 Å². The Kier molecular flexibility index (Phi) is 54.5. The van der Waals surface area contributed by atoms with Gasteiger partial charge >= 0.3 is 6.18 Å². The Morgan fingerprint density at radius 2 is 0.685 bits per heavy atom. The lowest BCUT2D eigenvalue weighted by Crippen LogP contribution is -2.04. The second-order valence-corrected chi connectivity index (χ2v) is 34.3. The van der Waals surface area contributed by atoms with E-state index in [9.17, 15) is 35.9 Å². The van der Waals surface area contributed by atoms with Gasteiger partial charge in [0, 0.05) is 41.6 Å². The summed E-state index contributed by atoms with van der Waals surface area (Å²) >= 11 is 0. The van der Waals surface area contributed by atoms with Crippen LogP contribution in [-0.2, 0) is 6.18 Å². The number of aromatic nitrogens is 4. The predicted molar refractivity (Wildman–Crippen MR) is 517 cm³/mol. The Bertz CT molecular complexity index is 4530. The summed E-state index contributed by atoms with van der Waals surface area (Å²) in [7, 11) is 0. The first-order chi connectivity index (χ1) is 58.3. The molecule has 0 saturated carbocycles. The minimum Gasteiger partial charge on any atom is -0.295 e. The summed E-state index contributed by atoms with van der Waals surface area (Å²) in [6.45, 7) is 60.4. The zero-order chi connectivity index (χ0) is 93.8. The molecule has 0 saturated heterocycles. The molecule has 0 aliphatic rings. The van der Waals surface area contributed by atoms with Crippen molar-refractivity contribution in [1.29, 1.82) is 0 Å². The molecule has 0 atom stereocenters. The fraction of sp³-hybridized carbons (Fsp3) is 0.375. The summed E-state index contributed by atoms with van der Waals surface area (Å²) in [4.78, 5) is 38.0. The molecule has 0 amide bonds. The summed E-state index contributed by atoms with van der Waals surface area (Å²) < 4.78 is 74.1. The third-order valence-electron chi connectivity index (χ3n) is 19.5. The van der Waals surface area contributed by atoms with Crippen molar-refractivity contribution >= 4 is 11.6 Å². The van der Waals surface area contributed by atoms with E-state index >= 15 is 0 Å². The molecule has 0 spiro atoms. The Hall–Kier alpha value is -10.7. The van der Waals surface area contributed by atoms with Crippen molar-refractivity contribution < 1.29 is 35.9 Å². The molecule has 10 aromatic carbocycles. The highest BCUT2D eigenvalue weighted by molar-refractivity contribution is 5.95. The first-order valence-electron chi connectivity index (χ1n) is 43.7. The standard InChI is InChI=1S/2C11H14O.C10H11F3.3C10H14.3C9H11F.C9H12.2C7H10N2/c1-8(2)10-4-6-11(7-5-10)9(3)12;1-8(2)10-6-4-5-7-11(10)9(3)12;1-7(2)8-3-5-9(6-4-8)10(11,12)13;1-8(2)10-6-4-9(3)5-7-10;1-8(2)10-6-4-5-9(3)7-10;1-8(2)10-7-5-4-6-9(10)3;1-7(2)8-3-5-9(10)6-4-8;1-7(2)8-4-3-5-9(10)6-8;1-7(2)8-5-3-4-6-9(8)10;1-8(2)9-6-4-3-5-7-9;1-6(2)7-5-8-3-4-9-7;1-6(2)7-3-4-8-5-9-7/h2*4-8H,1-3H3;3-7H,1-2H3;3*4-8H,1-3H3;3*3-7H,1-2H3;3-8H,1-2H3;2*3-6H,1-2H3. The minimum atomic E-state index is -4.23. The highest BCUT2D eigenvalue weighted by Crippen LogP contribution is 2.31. The van der Waals surface area contributed by atoms with Crippen LogP contribution in [0.3, 0.4) is 0 Å². The van der Waals surface area contributed by atoms with Crippen molar-refractivity contribution in [1.82, 2.24) is 19.9 Å². The van der Waals surface area contributed by atoms with Gasteiger partial charge in [0.15, 0.2) is 11.6 Å². The maximum atomic E-state index is 12.8. The van der Waals surface area contributed by atoms with E-state index in [4.69, 9.17) is 0 Å². The SMILES string of the molecule is CC(=O)c1ccc(C(C)C)cc1.CC(=O)c1ccccc1C(C)C.CC(C)c1ccc(C(F)(F)F)cc1.CC(C)c1ccc(F)cc1.CC(C)c1cccc(F)c1.CC(C)c1ccccc1.CC(C)c1ccccc1F.CC(C)c1ccncn1.CC(C)c1cnccn1.Cc1ccc(C(C)C)cc1.Cc1cccc(C(C)C)c1.Cc1ccccc1C(C)C. The van der Waals surface area contributed by atoms with Crippen LogP contribution >= 0.6 is 0 Å². The lowest BCUT2D eigenvalue weighted by atomic mass is 9.95. The predicted octanol–water partition coefficient (Wildman–Crippen LogP) is 34.1. The molecular formula is C112H146F6N4O2. The molecule has 0 fully saturated rings. The van der Waals surface area contributed by atoms with Gasteiger partial charge in [0.25, 0.3) is 0 Å². The van der Waals surface area contributed by atoms with Gasteiger partial charge < -0.3 is 0 Å². The molecule has 0 aliphatic heterocycles. The molecule has 12 aromatic rings. The van der Waals surface area contributed by atoms with Gasteiger partial charge in [0.2, 0.25) is 0 Å². The quantitative estimate of drug-likeness (QED) is 0.0796. The van der Waals surface area contributed by atoms with Gasteiger partial charge in [-0.25, -0.2) is 23.1 Å². The Balaban J connectivity index is 0.000000677. The molecule has 0 bridgehead atoms. The number of carbonyl (C=O) groups excluding carboxylic acids is 2. The fourth-order valence-electron chi connectivity index (χ4n) is 11.4. The smallest absolute Gasteiger partial charge is 0.295 e. The number of ketones is 2. The zero-order valence-electron chi connectivity index (χ0n) is 79.9. The molecule has 6 nitrogen and oxygen atoms in total. The molecule has 2 heterocycles. The largest absolute Gasteiger partial charge is 0.416 e. The molecule has 12 heteroatoms. The van der Waals surface area contributed by atoms with Crippen molar-refractivity contribution in [3.05, 3.63) is 404 Å². The number of Topliss-reactive ketones (excluding diaryl/α,β-unsaturated/α-hetero) is 2. The molecule has 668 valence electrons. The lowest BCUT2D eigenvalue weighted by molar-refractivity contribution is -0.137. The minimum absolute atomic E-state index is 0.0995. The normalized spacial score (nSPS) is 10.5. The maximum Gasteiger partial charge on any atom is 0.416 e. The molecule has 0 aliphatic carbocycles. The van der Waals surface area contributed by atoms with Gasteiger partial charge in [-0.1, -0.05) is 384 Å². The monoisotopic (exact) mass is 1690 g/mol.